The van der Waals surface area contributed by atoms with E-state index in [1.165, 1.54) is 12.1 Å². The first-order valence-corrected chi connectivity index (χ1v) is 10.1. The van der Waals surface area contributed by atoms with Gasteiger partial charge in [0.25, 0.3) is 5.91 Å². The number of carbonyl (C=O) groups excluding carboxylic acids is 1. The van der Waals surface area contributed by atoms with Crippen molar-refractivity contribution in [2.45, 2.75) is 18.5 Å². The SMILES string of the molecule is O=C(c1cccnc1)N1CC[C@H]2[C@H](CO)Nc3ccc(-c4ccc(F)cc4)cc3[C@H]21. The van der Waals surface area contributed by atoms with Crippen molar-refractivity contribution in [2.75, 3.05) is 18.5 Å². The lowest BCUT2D eigenvalue weighted by molar-refractivity contribution is 0.0700. The summed E-state index contributed by atoms with van der Waals surface area (Å²) >= 11 is 0. The zero-order chi connectivity index (χ0) is 20.7. The fraction of sp³-hybridized carbons (Fsp3) is 0.250. The molecule has 2 aliphatic rings. The van der Waals surface area contributed by atoms with Crippen LogP contribution in [-0.4, -0.2) is 40.1 Å². The van der Waals surface area contributed by atoms with Crippen molar-refractivity contribution in [1.29, 1.82) is 0 Å². The molecule has 3 heterocycles. The van der Waals surface area contributed by atoms with Crippen LogP contribution >= 0.6 is 0 Å². The topological polar surface area (TPSA) is 65.5 Å². The summed E-state index contributed by atoms with van der Waals surface area (Å²) in [5.41, 5.74) is 4.40. The van der Waals surface area contributed by atoms with Gasteiger partial charge in [-0.3, -0.25) is 9.78 Å². The molecule has 0 spiro atoms. The van der Waals surface area contributed by atoms with E-state index in [9.17, 15) is 14.3 Å². The molecule has 1 fully saturated rings. The van der Waals surface area contributed by atoms with Crippen molar-refractivity contribution < 1.29 is 14.3 Å². The van der Waals surface area contributed by atoms with Gasteiger partial charge >= 0.3 is 0 Å². The number of rotatable bonds is 3. The number of hydrogen-bond donors (Lipinski definition) is 2. The second-order valence-electron chi connectivity index (χ2n) is 7.88. The Morgan fingerprint density at radius 3 is 2.70 bits per heavy atom. The molecule has 6 heteroatoms. The van der Waals surface area contributed by atoms with Gasteiger partial charge in [-0.1, -0.05) is 18.2 Å². The number of likely N-dealkylation sites (tertiary alicyclic amines) is 1. The van der Waals surface area contributed by atoms with Crippen LogP contribution in [0.3, 0.4) is 0 Å². The number of halogens is 1. The molecule has 0 saturated carbocycles. The maximum atomic E-state index is 13.4. The number of carbonyl (C=O) groups is 1. The Labute approximate surface area is 174 Å². The number of hydrogen-bond acceptors (Lipinski definition) is 4. The fourth-order valence-electron chi connectivity index (χ4n) is 4.77. The fourth-order valence-corrected chi connectivity index (χ4v) is 4.77. The molecule has 1 saturated heterocycles. The van der Waals surface area contributed by atoms with Gasteiger partial charge < -0.3 is 15.3 Å². The Morgan fingerprint density at radius 1 is 1.17 bits per heavy atom. The molecule has 0 aliphatic carbocycles. The first-order valence-electron chi connectivity index (χ1n) is 10.1. The molecular weight excluding hydrogens is 381 g/mol. The van der Waals surface area contributed by atoms with E-state index >= 15 is 0 Å². The van der Waals surface area contributed by atoms with Gasteiger partial charge in [0.2, 0.25) is 0 Å². The second-order valence-corrected chi connectivity index (χ2v) is 7.88. The first kappa shape index (κ1) is 18.8. The average molecular weight is 403 g/mol. The molecule has 2 aromatic carbocycles. The monoisotopic (exact) mass is 403 g/mol. The number of pyridine rings is 1. The third-order valence-electron chi connectivity index (χ3n) is 6.22. The molecule has 1 amide bonds. The third kappa shape index (κ3) is 3.13. The van der Waals surface area contributed by atoms with E-state index in [0.717, 1.165) is 28.8 Å². The predicted octanol–water partition coefficient (Wildman–Crippen LogP) is 3.88. The molecule has 3 atom stereocenters. The van der Waals surface area contributed by atoms with E-state index in [0.29, 0.717) is 12.1 Å². The standard InChI is InChI=1S/C24H22FN3O2/c25-18-6-3-15(4-7-18)16-5-8-21-20(12-16)23-19(22(14-29)27-21)9-11-28(23)24(30)17-2-1-10-26-13-17/h1-8,10,12-13,19,22-23,27,29H,9,11,14H2/t19-,22-,23-/m0/s1. The highest BCUT2D eigenvalue weighted by molar-refractivity contribution is 5.94. The molecule has 3 aromatic rings. The van der Waals surface area contributed by atoms with Crippen LogP contribution in [0.2, 0.25) is 0 Å². The number of amides is 1. The minimum absolute atomic E-state index is 0.00917. The Hall–Kier alpha value is -3.25. The average Bonchev–Trinajstić information content (AvgIpc) is 3.24. The number of aliphatic hydroxyl groups is 1. The summed E-state index contributed by atoms with van der Waals surface area (Å²) in [6.07, 6.45) is 4.06. The number of nitrogens with one attached hydrogen (secondary N) is 1. The van der Waals surface area contributed by atoms with Crippen LogP contribution in [0.5, 0.6) is 0 Å². The van der Waals surface area contributed by atoms with Crippen LogP contribution in [0.25, 0.3) is 11.1 Å². The molecule has 30 heavy (non-hydrogen) atoms. The highest BCUT2D eigenvalue weighted by atomic mass is 19.1. The molecule has 152 valence electrons. The van der Waals surface area contributed by atoms with E-state index in [1.54, 1.807) is 36.7 Å². The van der Waals surface area contributed by atoms with E-state index in [2.05, 4.69) is 16.4 Å². The summed E-state index contributed by atoms with van der Waals surface area (Å²) in [4.78, 5) is 19.2. The zero-order valence-electron chi connectivity index (χ0n) is 16.3. The largest absolute Gasteiger partial charge is 0.394 e. The van der Waals surface area contributed by atoms with Gasteiger partial charge in [-0.2, -0.15) is 0 Å². The normalized spacial score (nSPS) is 22.2. The molecule has 0 radical (unpaired) electrons. The van der Waals surface area contributed by atoms with Crippen LogP contribution in [0, 0.1) is 11.7 Å². The van der Waals surface area contributed by atoms with Gasteiger partial charge in [-0.05, 0) is 59.5 Å². The van der Waals surface area contributed by atoms with Gasteiger partial charge in [0, 0.05) is 30.5 Å². The minimum Gasteiger partial charge on any atom is -0.394 e. The van der Waals surface area contributed by atoms with Crippen molar-refractivity contribution in [2.24, 2.45) is 5.92 Å². The Kier molecular flexibility index (Phi) is 4.71. The van der Waals surface area contributed by atoms with Gasteiger partial charge in [-0.25, -0.2) is 4.39 Å². The van der Waals surface area contributed by atoms with Crippen LogP contribution in [-0.2, 0) is 0 Å². The quantitative estimate of drug-likeness (QED) is 0.697. The van der Waals surface area contributed by atoms with E-state index in [-0.39, 0.29) is 36.3 Å². The number of aromatic nitrogens is 1. The first-order chi connectivity index (χ1) is 14.7. The number of nitrogens with zero attached hydrogens (tertiary/aromatic N) is 2. The number of benzene rings is 2. The van der Waals surface area contributed by atoms with Gasteiger partial charge in [0.1, 0.15) is 5.82 Å². The van der Waals surface area contributed by atoms with E-state index in [4.69, 9.17) is 0 Å². The Balaban J connectivity index is 1.57. The summed E-state index contributed by atoms with van der Waals surface area (Å²) in [7, 11) is 0. The summed E-state index contributed by atoms with van der Waals surface area (Å²) in [6, 6.07) is 15.8. The second kappa shape index (κ2) is 7.54. The summed E-state index contributed by atoms with van der Waals surface area (Å²) < 4.78 is 13.4. The molecule has 5 rings (SSSR count). The zero-order valence-corrected chi connectivity index (χ0v) is 16.3. The number of fused-ring (bicyclic) bond motifs is 3. The van der Waals surface area contributed by atoms with Crippen molar-refractivity contribution >= 4 is 11.6 Å². The van der Waals surface area contributed by atoms with Crippen molar-refractivity contribution in [3.05, 3.63) is 83.9 Å². The molecule has 2 N–H and O–H groups in total. The van der Waals surface area contributed by atoms with Crippen molar-refractivity contribution in [1.82, 2.24) is 9.88 Å². The van der Waals surface area contributed by atoms with Crippen LogP contribution in [0.15, 0.2) is 67.0 Å². The summed E-state index contributed by atoms with van der Waals surface area (Å²) in [5.74, 6) is -0.202. The maximum absolute atomic E-state index is 13.4. The summed E-state index contributed by atoms with van der Waals surface area (Å²) in [5, 5.41) is 13.4. The third-order valence-corrected chi connectivity index (χ3v) is 6.22. The van der Waals surface area contributed by atoms with Crippen molar-refractivity contribution in [3.63, 3.8) is 0 Å². The molecule has 0 unspecified atom stereocenters. The molecular formula is C24H22FN3O2. The predicted molar refractivity (Wildman–Crippen MR) is 112 cm³/mol. The minimum atomic E-state index is -0.270. The van der Waals surface area contributed by atoms with Crippen molar-refractivity contribution in [3.8, 4) is 11.1 Å². The summed E-state index contributed by atoms with van der Waals surface area (Å²) in [6.45, 7) is 0.636. The van der Waals surface area contributed by atoms with Gasteiger partial charge in [0.15, 0.2) is 0 Å². The smallest absolute Gasteiger partial charge is 0.255 e. The lowest BCUT2D eigenvalue weighted by atomic mass is 9.82. The number of anilines is 1. The lowest BCUT2D eigenvalue weighted by Crippen LogP contribution is -2.42. The Bertz CT molecular complexity index is 1070. The van der Waals surface area contributed by atoms with Crippen LogP contribution < -0.4 is 5.32 Å². The molecule has 5 nitrogen and oxygen atoms in total. The van der Waals surface area contributed by atoms with E-state index in [1.807, 2.05) is 17.0 Å². The molecule has 1 aromatic heterocycles. The van der Waals surface area contributed by atoms with Crippen LogP contribution in [0.4, 0.5) is 10.1 Å². The lowest BCUT2D eigenvalue weighted by Gasteiger charge is -2.39. The molecule has 0 bridgehead atoms. The maximum Gasteiger partial charge on any atom is 0.255 e. The van der Waals surface area contributed by atoms with Gasteiger partial charge in [-0.15, -0.1) is 0 Å². The molecule has 2 aliphatic heterocycles. The van der Waals surface area contributed by atoms with Crippen LogP contribution in [0.1, 0.15) is 28.4 Å². The number of aliphatic hydroxyl groups excluding tert-OH is 1. The van der Waals surface area contributed by atoms with E-state index < -0.39 is 0 Å². The highest BCUT2D eigenvalue weighted by Gasteiger charge is 2.45. The Morgan fingerprint density at radius 2 is 1.97 bits per heavy atom. The highest BCUT2D eigenvalue weighted by Crippen LogP contribution is 2.47. The van der Waals surface area contributed by atoms with Gasteiger partial charge in [0.05, 0.1) is 24.3 Å².